The molecule has 1 rings (SSSR count). The first-order valence-electron chi connectivity index (χ1n) is 6.59. The van der Waals surface area contributed by atoms with Crippen molar-refractivity contribution in [2.45, 2.75) is 13.8 Å². The number of nitrogens with one attached hydrogen (secondary N) is 1. The average Bonchev–Trinajstić information content (AvgIpc) is 2.45. The van der Waals surface area contributed by atoms with E-state index in [-0.39, 0.29) is 25.0 Å². The highest BCUT2D eigenvalue weighted by molar-refractivity contribution is 5.85. The number of nitrogens with zero attached hydrogens (tertiary/aromatic N) is 1. The number of nitrogens with two attached hydrogens (primary N) is 1. The summed E-state index contributed by atoms with van der Waals surface area (Å²) in [6, 6.07) is 6.75. The van der Waals surface area contributed by atoms with E-state index >= 15 is 0 Å². The van der Waals surface area contributed by atoms with E-state index in [4.69, 9.17) is 10.5 Å². The summed E-state index contributed by atoms with van der Waals surface area (Å²) in [6.45, 7) is 4.92. The van der Waals surface area contributed by atoms with Crippen LogP contribution >= 0.6 is 0 Å². The second kappa shape index (κ2) is 8.04. The highest BCUT2D eigenvalue weighted by atomic mass is 16.5. The SMILES string of the molecule is CCN(CC)C(=O)CNC(=O)COc1ccc(N)cc1. The van der Waals surface area contributed by atoms with Crippen LogP contribution in [0.1, 0.15) is 13.8 Å². The molecule has 0 aliphatic rings. The summed E-state index contributed by atoms with van der Waals surface area (Å²) < 4.78 is 5.28. The van der Waals surface area contributed by atoms with E-state index in [1.807, 2.05) is 13.8 Å². The number of likely N-dealkylation sites (N-methyl/N-ethyl adjacent to an activating group) is 1. The molecular formula is C14H21N3O3. The lowest BCUT2D eigenvalue weighted by Crippen LogP contribution is -2.41. The first kappa shape index (κ1) is 15.8. The van der Waals surface area contributed by atoms with Gasteiger partial charge in [-0.05, 0) is 38.1 Å². The van der Waals surface area contributed by atoms with Crippen LogP contribution in [0.4, 0.5) is 5.69 Å². The molecule has 1 aromatic rings. The molecule has 0 unspecified atom stereocenters. The molecule has 0 radical (unpaired) electrons. The van der Waals surface area contributed by atoms with Gasteiger partial charge in [0.2, 0.25) is 5.91 Å². The van der Waals surface area contributed by atoms with Crippen LogP contribution in [0.25, 0.3) is 0 Å². The third kappa shape index (κ3) is 5.17. The van der Waals surface area contributed by atoms with Crippen LogP contribution in [-0.4, -0.2) is 43.0 Å². The summed E-state index contributed by atoms with van der Waals surface area (Å²) in [6.07, 6.45) is 0. The minimum atomic E-state index is -0.331. The van der Waals surface area contributed by atoms with Crippen molar-refractivity contribution in [1.82, 2.24) is 10.2 Å². The van der Waals surface area contributed by atoms with Gasteiger partial charge in [-0.1, -0.05) is 0 Å². The molecular weight excluding hydrogens is 258 g/mol. The molecule has 0 aliphatic carbocycles. The quantitative estimate of drug-likeness (QED) is 0.717. The van der Waals surface area contributed by atoms with Crippen molar-refractivity contribution in [3.8, 4) is 5.75 Å². The molecule has 0 atom stereocenters. The predicted molar refractivity (Wildman–Crippen MR) is 77.3 cm³/mol. The van der Waals surface area contributed by atoms with Crippen LogP contribution in [0.15, 0.2) is 24.3 Å². The van der Waals surface area contributed by atoms with Crippen LogP contribution in [-0.2, 0) is 9.59 Å². The zero-order valence-electron chi connectivity index (χ0n) is 11.9. The molecule has 6 nitrogen and oxygen atoms in total. The third-order valence-corrected chi connectivity index (χ3v) is 2.80. The van der Waals surface area contributed by atoms with E-state index in [9.17, 15) is 9.59 Å². The molecule has 0 saturated carbocycles. The fraction of sp³-hybridized carbons (Fsp3) is 0.429. The molecule has 20 heavy (non-hydrogen) atoms. The number of benzene rings is 1. The molecule has 0 fully saturated rings. The van der Waals surface area contributed by atoms with Gasteiger partial charge in [0.15, 0.2) is 6.61 Å². The lowest BCUT2D eigenvalue weighted by atomic mass is 10.3. The topological polar surface area (TPSA) is 84.7 Å². The second-order valence-electron chi connectivity index (χ2n) is 4.20. The molecule has 0 spiro atoms. The maximum atomic E-state index is 11.7. The number of hydrogen-bond acceptors (Lipinski definition) is 4. The fourth-order valence-corrected chi connectivity index (χ4v) is 1.63. The lowest BCUT2D eigenvalue weighted by molar-refractivity contribution is -0.133. The first-order chi connectivity index (χ1) is 9.56. The van der Waals surface area contributed by atoms with Crippen LogP contribution in [0, 0.1) is 0 Å². The number of carbonyl (C=O) groups is 2. The third-order valence-electron chi connectivity index (χ3n) is 2.80. The molecule has 0 saturated heterocycles. The minimum Gasteiger partial charge on any atom is -0.484 e. The number of rotatable bonds is 7. The molecule has 6 heteroatoms. The highest BCUT2D eigenvalue weighted by Crippen LogP contribution is 2.12. The van der Waals surface area contributed by atoms with Gasteiger partial charge in [0.25, 0.3) is 5.91 Å². The van der Waals surface area contributed by atoms with Gasteiger partial charge in [0.05, 0.1) is 6.54 Å². The zero-order valence-corrected chi connectivity index (χ0v) is 11.9. The average molecular weight is 279 g/mol. The smallest absolute Gasteiger partial charge is 0.258 e. The van der Waals surface area contributed by atoms with E-state index in [1.54, 1.807) is 29.2 Å². The van der Waals surface area contributed by atoms with Gasteiger partial charge in [0.1, 0.15) is 5.75 Å². The van der Waals surface area contributed by atoms with Crippen LogP contribution < -0.4 is 15.8 Å². The Morgan fingerprint density at radius 3 is 2.35 bits per heavy atom. The molecule has 2 amide bonds. The summed E-state index contributed by atoms with van der Waals surface area (Å²) in [5.41, 5.74) is 6.17. The Hall–Kier alpha value is -2.24. The summed E-state index contributed by atoms with van der Waals surface area (Å²) in [7, 11) is 0. The van der Waals surface area contributed by atoms with Gasteiger partial charge in [-0.15, -0.1) is 0 Å². The Morgan fingerprint density at radius 1 is 1.20 bits per heavy atom. The molecule has 110 valence electrons. The van der Waals surface area contributed by atoms with E-state index in [0.29, 0.717) is 24.5 Å². The Labute approximate surface area is 118 Å². The molecule has 3 N–H and O–H groups in total. The van der Waals surface area contributed by atoms with Gasteiger partial charge in [0, 0.05) is 18.8 Å². The number of ether oxygens (including phenoxy) is 1. The lowest BCUT2D eigenvalue weighted by Gasteiger charge is -2.18. The summed E-state index contributed by atoms with van der Waals surface area (Å²) in [5.74, 6) is 0.127. The summed E-state index contributed by atoms with van der Waals surface area (Å²) in [4.78, 5) is 24.9. The Morgan fingerprint density at radius 2 is 1.80 bits per heavy atom. The molecule has 0 aromatic heterocycles. The fourth-order valence-electron chi connectivity index (χ4n) is 1.63. The number of nitrogen functional groups attached to an aromatic ring is 1. The van der Waals surface area contributed by atoms with E-state index in [1.165, 1.54) is 0 Å². The van der Waals surface area contributed by atoms with Crippen molar-refractivity contribution in [1.29, 1.82) is 0 Å². The van der Waals surface area contributed by atoms with Gasteiger partial charge in [-0.25, -0.2) is 0 Å². The molecule has 1 aromatic carbocycles. The maximum absolute atomic E-state index is 11.7. The predicted octanol–water partition coefficient (Wildman–Crippen LogP) is 0.632. The Kier molecular flexibility index (Phi) is 6.36. The number of hydrogen-bond donors (Lipinski definition) is 2. The monoisotopic (exact) mass is 279 g/mol. The Balaban J connectivity index is 2.30. The van der Waals surface area contributed by atoms with Crippen molar-refractivity contribution in [2.24, 2.45) is 0 Å². The van der Waals surface area contributed by atoms with E-state index < -0.39 is 0 Å². The van der Waals surface area contributed by atoms with Crippen LogP contribution in [0.2, 0.25) is 0 Å². The van der Waals surface area contributed by atoms with Crippen molar-refractivity contribution >= 4 is 17.5 Å². The second-order valence-corrected chi connectivity index (χ2v) is 4.20. The summed E-state index contributed by atoms with van der Waals surface area (Å²) >= 11 is 0. The largest absolute Gasteiger partial charge is 0.484 e. The van der Waals surface area contributed by atoms with Crippen molar-refractivity contribution < 1.29 is 14.3 Å². The maximum Gasteiger partial charge on any atom is 0.258 e. The van der Waals surface area contributed by atoms with Gasteiger partial charge < -0.3 is 20.7 Å². The number of anilines is 1. The molecule has 0 bridgehead atoms. The highest BCUT2D eigenvalue weighted by Gasteiger charge is 2.11. The zero-order chi connectivity index (χ0) is 15.0. The van der Waals surface area contributed by atoms with Gasteiger partial charge in [-0.2, -0.15) is 0 Å². The molecule has 0 heterocycles. The van der Waals surface area contributed by atoms with Crippen molar-refractivity contribution in [3.05, 3.63) is 24.3 Å². The Bertz CT molecular complexity index is 441. The standard InChI is InChI=1S/C14H21N3O3/c1-3-17(4-2)14(19)9-16-13(18)10-20-12-7-5-11(15)6-8-12/h5-8H,3-4,9-10,15H2,1-2H3,(H,16,18). The normalized spacial score (nSPS) is 9.90. The van der Waals surface area contributed by atoms with Crippen molar-refractivity contribution in [3.63, 3.8) is 0 Å². The van der Waals surface area contributed by atoms with Crippen molar-refractivity contribution in [2.75, 3.05) is 32.0 Å². The van der Waals surface area contributed by atoms with Gasteiger partial charge >= 0.3 is 0 Å². The van der Waals surface area contributed by atoms with E-state index in [0.717, 1.165) is 0 Å². The molecule has 0 aliphatic heterocycles. The van der Waals surface area contributed by atoms with Crippen LogP contribution in [0.5, 0.6) is 5.75 Å². The van der Waals surface area contributed by atoms with Gasteiger partial charge in [-0.3, -0.25) is 9.59 Å². The number of amides is 2. The minimum absolute atomic E-state index is 0.00832. The number of carbonyl (C=O) groups excluding carboxylic acids is 2. The van der Waals surface area contributed by atoms with E-state index in [2.05, 4.69) is 5.32 Å². The summed E-state index contributed by atoms with van der Waals surface area (Å²) in [5, 5.41) is 2.53. The first-order valence-corrected chi connectivity index (χ1v) is 6.59. The van der Waals surface area contributed by atoms with Crippen LogP contribution in [0.3, 0.4) is 0 Å².